The van der Waals surface area contributed by atoms with E-state index in [0.717, 1.165) is 22.1 Å². The van der Waals surface area contributed by atoms with E-state index in [2.05, 4.69) is 11.8 Å². The van der Waals surface area contributed by atoms with Crippen LogP contribution < -0.4 is 4.74 Å². The summed E-state index contributed by atoms with van der Waals surface area (Å²) in [5.74, 6) is 6.87. The fraction of sp³-hybridized carbons (Fsp3) is 0.200. The number of hydrogen-bond donors (Lipinski definition) is 1. The van der Waals surface area contributed by atoms with Crippen molar-refractivity contribution in [2.75, 3.05) is 13.7 Å². The number of aliphatic hydroxyl groups is 1. The Morgan fingerprint density at radius 2 is 1.88 bits per heavy atom. The first-order chi connectivity index (χ1) is 8.36. The predicted molar refractivity (Wildman–Crippen MR) is 69.1 cm³/mol. The van der Waals surface area contributed by atoms with E-state index in [1.165, 1.54) is 0 Å². The molecule has 0 atom stereocenters. The molecule has 0 saturated heterocycles. The highest BCUT2D eigenvalue weighted by molar-refractivity contribution is 5.93. The lowest BCUT2D eigenvalue weighted by Crippen LogP contribution is -1.87. The molecule has 0 aromatic heterocycles. The van der Waals surface area contributed by atoms with Crippen molar-refractivity contribution < 1.29 is 9.84 Å². The highest BCUT2D eigenvalue weighted by Gasteiger charge is 2.03. The highest BCUT2D eigenvalue weighted by Crippen LogP contribution is 2.27. The zero-order valence-electron chi connectivity index (χ0n) is 9.73. The van der Waals surface area contributed by atoms with Gasteiger partial charge in [0.15, 0.2) is 0 Å². The van der Waals surface area contributed by atoms with Crippen LogP contribution >= 0.6 is 0 Å². The van der Waals surface area contributed by atoms with Gasteiger partial charge in [0.2, 0.25) is 0 Å². The molecule has 0 saturated carbocycles. The maximum absolute atomic E-state index is 8.72. The summed E-state index contributed by atoms with van der Waals surface area (Å²) in [5, 5.41) is 10.9. The normalized spacial score (nSPS) is 9.76. The molecule has 2 aromatic rings. The molecule has 17 heavy (non-hydrogen) atoms. The summed E-state index contributed by atoms with van der Waals surface area (Å²) >= 11 is 0. The van der Waals surface area contributed by atoms with Gasteiger partial charge in [0.25, 0.3) is 0 Å². The van der Waals surface area contributed by atoms with Gasteiger partial charge in [-0.25, -0.2) is 0 Å². The van der Waals surface area contributed by atoms with Crippen LogP contribution in [-0.2, 0) is 0 Å². The van der Waals surface area contributed by atoms with Crippen molar-refractivity contribution in [2.24, 2.45) is 0 Å². The van der Waals surface area contributed by atoms with E-state index in [4.69, 9.17) is 9.84 Å². The van der Waals surface area contributed by atoms with Gasteiger partial charge in [-0.15, -0.1) is 0 Å². The van der Waals surface area contributed by atoms with Gasteiger partial charge in [0.1, 0.15) is 5.75 Å². The van der Waals surface area contributed by atoms with E-state index < -0.39 is 0 Å². The molecular weight excluding hydrogens is 212 g/mol. The van der Waals surface area contributed by atoms with Crippen molar-refractivity contribution in [3.63, 3.8) is 0 Å². The molecule has 0 amide bonds. The fourth-order valence-electron chi connectivity index (χ4n) is 1.77. The van der Waals surface area contributed by atoms with Crippen LogP contribution in [0.5, 0.6) is 5.75 Å². The Kier molecular flexibility index (Phi) is 3.64. The minimum Gasteiger partial charge on any atom is -0.496 e. The smallest absolute Gasteiger partial charge is 0.126 e. The first kappa shape index (κ1) is 11.5. The summed E-state index contributed by atoms with van der Waals surface area (Å²) < 4.78 is 5.32. The highest BCUT2D eigenvalue weighted by atomic mass is 16.5. The van der Waals surface area contributed by atoms with Crippen molar-refractivity contribution in [1.29, 1.82) is 0 Å². The maximum atomic E-state index is 8.72. The fourth-order valence-corrected chi connectivity index (χ4v) is 1.77. The number of ether oxygens (including phenoxy) is 1. The average molecular weight is 226 g/mol. The van der Waals surface area contributed by atoms with Crippen LogP contribution in [0.4, 0.5) is 0 Å². The Hall–Kier alpha value is -1.98. The first-order valence-corrected chi connectivity index (χ1v) is 5.52. The SMILES string of the molecule is COc1ccc(C#CCCO)c2ccccc12. The van der Waals surface area contributed by atoms with Gasteiger partial charge in [0.05, 0.1) is 13.7 Å². The second kappa shape index (κ2) is 5.38. The lowest BCUT2D eigenvalue weighted by molar-refractivity contribution is 0.305. The predicted octanol–water partition coefficient (Wildman–Crippen LogP) is 2.58. The van der Waals surface area contributed by atoms with Gasteiger partial charge in [-0.1, -0.05) is 36.1 Å². The molecule has 2 rings (SSSR count). The Morgan fingerprint density at radius 3 is 2.59 bits per heavy atom. The van der Waals surface area contributed by atoms with Gasteiger partial charge in [-0.05, 0) is 12.1 Å². The number of aliphatic hydroxyl groups excluding tert-OH is 1. The quantitative estimate of drug-likeness (QED) is 0.797. The third kappa shape index (κ3) is 2.41. The lowest BCUT2D eigenvalue weighted by atomic mass is 10.0. The van der Waals surface area contributed by atoms with Gasteiger partial charge < -0.3 is 9.84 Å². The van der Waals surface area contributed by atoms with Gasteiger partial charge >= 0.3 is 0 Å². The molecule has 0 aliphatic carbocycles. The summed E-state index contributed by atoms with van der Waals surface area (Å²) in [5.41, 5.74) is 0.967. The zero-order valence-corrected chi connectivity index (χ0v) is 9.73. The number of benzene rings is 2. The third-order valence-corrected chi connectivity index (χ3v) is 2.56. The molecule has 2 nitrogen and oxygen atoms in total. The van der Waals surface area contributed by atoms with Crippen molar-refractivity contribution in [3.8, 4) is 17.6 Å². The monoisotopic (exact) mass is 226 g/mol. The lowest BCUT2D eigenvalue weighted by Gasteiger charge is -2.06. The Morgan fingerprint density at radius 1 is 1.12 bits per heavy atom. The standard InChI is InChI=1S/C15H14O2/c1-17-15-10-9-12(6-4-5-11-16)13-7-2-3-8-14(13)15/h2-3,7-10,16H,5,11H2,1H3. The number of hydrogen-bond acceptors (Lipinski definition) is 2. The van der Waals surface area contributed by atoms with E-state index >= 15 is 0 Å². The molecule has 0 unspecified atom stereocenters. The summed E-state index contributed by atoms with van der Waals surface area (Å²) in [6.45, 7) is 0.0983. The number of rotatable bonds is 2. The van der Waals surface area contributed by atoms with Crippen LogP contribution in [0, 0.1) is 11.8 Å². The minimum atomic E-state index is 0.0983. The Bertz CT molecular complexity index is 576. The summed E-state index contributed by atoms with van der Waals surface area (Å²) in [4.78, 5) is 0. The van der Waals surface area contributed by atoms with E-state index in [-0.39, 0.29) is 6.61 Å². The maximum Gasteiger partial charge on any atom is 0.126 e. The Labute approximate surface area is 101 Å². The molecule has 0 aliphatic rings. The van der Waals surface area contributed by atoms with Crippen LogP contribution in [0.3, 0.4) is 0 Å². The topological polar surface area (TPSA) is 29.5 Å². The molecule has 0 heterocycles. The molecule has 0 aliphatic heterocycles. The first-order valence-electron chi connectivity index (χ1n) is 5.52. The molecule has 0 spiro atoms. The van der Waals surface area contributed by atoms with Crippen LogP contribution in [0.2, 0.25) is 0 Å². The second-order valence-electron chi connectivity index (χ2n) is 3.64. The summed E-state index contributed by atoms with van der Waals surface area (Å²) in [6.07, 6.45) is 0.500. The third-order valence-electron chi connectivity index (χ3n) is 2.56. The molecule has 1 N–H and O–H groups in total. The summed E-state index contributed by atoms with van der Waals surface area (Å²) in [7, 11) is 1.67. The number of methoxy groups -OCH3 is 1. The largest absolute Gasteiger partial charge is 0.496 e. The molecule has 0 bridgehead atoms. The van der Waals surface area contributed by atoms with E-state index in [1.54, 1.807) is 7.11 Å². The molecule has 86 valence electrons. The zero-order chi connectivity index (χ0) is 12.1. The summed E-state index contributed by atoms with van der Waals surface area (Å²) in [6, 6.07) is 11.9. The van der Waals surface area contributed by atoms with Crippen molar-refractivity contribution in [3.05, 3.63) is 42.0 Å². The van der Waals surface area contributed by atoms with Crippen LogP contribution in [0.25, 0.3) is 10.8 Å². The number of fused-ring (bicyclic) bond motifs is 1. The van der Waals surface area contributed by atoms with Crippen LogP contribution in [0.15, 0.2) is 36.4 Å². The van der Waals surface area contributed by atoms with Crippen molar-refractivity contribution >= 4 is 10.8 Å². The molecule has 0 radical (unpaired) electrons. The van der Waals surface area contributed by atoms with Gasteiger partial charge in [-0.2, -0.15) is 0 Å². The molecule has 2 aromatic carbocycles. The van der Waals surface area contributed by atoms with E-state index in [9.17, 15) is 0 Å². The van der Waals surface area contributed by atoms with Gasteiger partial charge in [0, 0.05) is 22.8 Å². The van der Waals surface area contributed by atoms with Crippen molar-refractivity contribution in [2.45, 2.75) is 6.42 Å². The van der Waals surface area contributed by atoms with Crippen LogP contribution in [0.1, 0.15) is 12.0 Å². The minimum absolute atomic E-state index is 0.0983. The van der Waals surface area contributed by atoms with Gasteiger partial charge in [-0.3, -0.25) is 0 Å². The molecular formula is C15H14O2. The molecule has 0 fully saturated rings. The Balaban J connectivity index is 2.56. The average Bonchev–Trinajstić information content (AvgIpc) is 2.39. The second-order valence-corrected chi connectivity index (χ2v) is 3.64. The van der Waals surface area contributed by atoms with Crippen molar-refractivity contribution in [1.82, 2.24) is 0 Å². The van der Waals surface area contributed by atoms with E-state index in [1.807, 2.05) is 36.4 Å². The van der Waals surface area contributed by atoms with E-state index in [0.29, 0.717) is 6.42 Å². The molecule has 2 heteroatoms. The van der Waals surface area contributed by atoms with Crippen LogP contribution in [-0.4, -0.2) is 18.8 Å².